The summed E-state index contributed by atoms with van der Waals surface area (Å²) in [5.74, 6) is 0.283. The lowest BCUT2D eigenvalue weighted by Crippen LogP contribution is -2.26. The second-order valence-electron chi connectivity index (χ2n) is 7.82. The van der Waals surface area contributed by atoms with Gasteiger partial charge in [-0.2, -0.15) is 10.1 Å². The molecule has 0 spiro atoms. The first-order valence-corrected chi connectivity index (χ1v) is 11.0. The van der Waals surface area contributed by atoms with Crippen LogP contribution in [0.2, 0.25) is 0 Å². The summed E-state index contributed by atoms with van der Waals surface area (Å²) in [7, 11) is 1.59. The molecule has 5 rings (SSSR count). The Morgan fingerprint density at radius 2 is 1.91 bits per heavy atom. The summed E-state index contributed by atoms with van der Waals surface area (Å²) in [5.41, 5.74) is 2.77. The second kappa shape index (κ2) is 9.21. The molecule has 0 aliphatic carbocycles. The Hall–Kier alpha value is -4.80. The number of hydrogen-bond donors (Lipinski definition) is 2. The van der Waals surface area contributed by atoms with Crippen LogP contribution < -0.4 is 10.6 Å². The fourth-order valence-electron chi connectivity index (χ4n) is 3.61. The van der Waals surface area contributed by atoms with E-state index in [1.54, 1.807) is 29.8 Å². The van der Waals surface area contributed by atoms with Gasteiger partial charge >= 0.3 is 0 Å². The molecule has 5 aromatic rings. The number of aromatic nitrogens is 6. The maximum absolute atomic E-state index is 13.1. The van der Waals surface area contributed by atoms with E-state index in [9.17, 15) is 9.59 Å². The Labute approximate surface area is 199 Å². The smallest absolute Gasteiger partial charge is 0.275 e. The van der Waals surface area contributed by atoms with Crippen LogP contribution in [0.4, 0.5) is 5.82 Å². The maximum Gasteiger partial charge on any atom is 0.275 e. The Balaban J connectivity index is 1.32. The zero-order valence-corrected chi connectivity index (χ0v) is 19.1. The topological polar surface area (TPSA) is 132 Å². The second-order valence-corrected chi connectivity index (χ2v) is 7.82. The highest BCUT2D eigenvalue weighted by Crippen LogP contribution is 2.19. The van der Waals surface area contributed by atoms with Gasteiger partial charge in [0.1, 0.15) is 11.5 Å². The van der Waals surface area contributed by atoms with Crippen molar-refractivity contribution in [2.75, 3.05) is 5.32 Å². The largest absolute Gasteiger partial charge is 0.359 e. The molecule has 4 aromatic heterocycles. The molecule has 11 heteroatoms. The molecule has 0 saturated carbocycles. The third-order valence-electron chi connectivity index (χ3n) is 5.43. The van der Waals surface area contributed by atoms with Gasteiger partial charge in [-0.1, -0.05) is 42.4 Å². The van der Waals surface area contributed by atoms with Crippen LogP contribution in [-0.4, -0.2) is 41.1 Å². The lowest BCUT2D eigenvalue weighted by atomic mass is 10.2. The number of hydrogen-bond acceptors (Lipinski definition) is 7. The number of anilines is 1. The van der Waals surface area contributed by atoms with E-state index < -0.39 is 11.8 Å². The van der Waals surface area contributed by atoms with Gasteiger partial charge < -0.3 is 15.2 Å². The van der Waals surface area contributed by atoms with Crippen LogP contribution >= 0.6 is 0 Å². The van der Waals surface area contributed by atoms with Crippen molar-refractivity contribution in [3.05, 3.63) is 83.8 Å². The van der Waals surface area contributed by atoms with Gasteiger partial charge in [0.05, 0.1) is 29.7 Å². The number of rotatable bonds is 7. The summed E-state index contributed by atoms with van der Waals surface area (Å²) in [5, 5.41) is 13.4. The number of carbonyl (C=O) groups is 2. The number of benzene rings is 1. The van der Waals surface area contributed by atoms with Gasteiger partial charge in [0.15, 0.2) is 5.76 Å². The van der Waals surface area contributed by atoms with Crippen molar-refractivity contribution >= 4 is 23.4 Å². The zero-order valence-electron chi connectivity index (χ0n) is 19.1. The van der Waals surface area contributed by atoms with Crippen molar-refractivity contribution in [1.29, 1.82) is 0 Å². The van der Waals surface area contributed by atoms with E-state index in [1.165, 1.54) is 10.9 Å². The summed E-state index contributed by atoms with van der Waals surface area (Å²) in [6.45, 7) is 2.10. The zero-order chi connectivity index (χ0) is 24.4. The number of fused-ring (bicyclic) bond motifs is 1. The third kappa shape index (κ3) is 4.51. The minimum absolute atomic E-state index is 0.101. The van der Waals surface area contributed by atoms with Crippen LogP contribution in [0, 0.1) is 0 Å². The predicted octanol–water partition coefficient (Wildman–Crippen LogP) is 2.86. The van der Waals surface area contributed by atoms with Gasteiger partial charge in [-0.15, -0.1) is 0 Å². The number of nitrogens with zero attached hydrogens (tertiary/aromatic N) is 6. The fraction of sp³-hybridized carbons (Fsp3) is 0.167. The highest BCUT2D eigenvalue weighted by atomic mass is 16.5. The minimum atomic E-state index is -0.519. The lowest BCUT2D eigenvalue weighted by molar-refractivity contribution is 0.0933. The van der Waals surface area contributed by atoms with E-state index in [0.717, 1.165) is 23.4 Å². The first kappa shape index (κ1) is 22.0. The average molecular weight is 470 g/mol. The van der Waals surface area contributed by atoms with E-state index in [-0.39, 0.29) is 17.8 Å². The summed E-state index contributed by atoms with van der Waals surface area (Å²) < 4.78 is 8.30. The normalized spacial score (nSPS) is 11.0. The molecule has 4 heterocycles. The van der Waals surface area contributed by atoms with Gasteiger partial charge in [-0.3, -0.25) is 18.7 Å². The van der Waals surface area contributed by atoms with Crippen molar-refractivity contribution in [3.8, 4) is 11.3 Å². The fourth-order valence-corrected chi connectivity index (χ4v) is 3.61. The molecule has 0 fully saturated rings. The molecule has 0 unspecified atom stereocenters. The molecule has 0 aliphatic heterocycles. The summed E-state index contributed by atoms with van der Waals surface area (Å²) in [6.07, 6.45) is 5.71. The van der Waals surface area contributed by atoms with E-state index in [1.807, 2.05) is 43.5 Å². The number of amides is 2. The van der Waals surface area contributed by atoms with Gasteiger partial charge in [0.25, 0.3) is 11.8 Å². The summed E-state index contributed by atoms with van der Waals surface area (Å²) >= 11 is 0. The van der Waals surface area contributed by atoms with E-state index in [2.05, 4.69) is 30.9 Å². The highest BCUT2D eigenvalue weighted by molar-refractivity contribution is 6.10. The van der Waals surface area contributed by atoms with Crippen LogP contribution in [0.1, 0.15) is 39.2 Å². The number of carbonyl (C=O) groups excluding carboxylic acids is 2. The number of nitrogens with one attached hydrogen (secondary N) is 2. The molecular weight excluding hydrogens is 448 g/mol. The first-order chi connectivity index (χ1) is 17.0. The summed E-state index contributed by atoms with van der Waals surface area (Å²) in [6, 6.07) is 13.2. The molecular formula is C24H22N8O3. The Morgan fingerprint density at radius 3 is 2.69 bits per heavy atom. The van der Waals surface area contributed by atoms with Gasteiger partial charge in [0, 0.05) is 31.1 Å². The average Bonchev–Trinajstić information content (AvgIpc) is 3.60. The maximum atomic E-state index is 13.1. The molecule has 35 heavy (non-hydrogen) atoms. The van der Waals surface area contributed by atoms with E-state index in [4.69, 9.17) is 4.52 Å². The van der Waals surface area contributed by atoms with Crippen LogP contribution in [0.3, 0.4) is 0 Å². The Kier molecular flexibility index (Phi) is 5.80. The van der Waals surface area contributed by atoms with Crippen LogP contribution in [0.25, 0.3) is 17.0 Å². The molecule has 176 valence electrons. The van der Waals surface area contributed by atoms with Crippen molar-refractivity contribution in [3.63, 3.8) is 0 Å². The minimum Gasteiger partial charge on any atom is -0.359 e. The van der Waals surface area contributed by atoms with E-state index >= 15 is 0 Å². The quantitative estimate of drug-likeness (QED) is 0.374. The van der Waals surface area contributed by atoms with Crippen molar-refractivity contribution in [1.82, 2.24) is 34.6 Å². The van der Waals surface area contributed by atoms with Crippen LogP contribution in [-0.2, 0) is 20.0 Å². The highest BCUT2D eigenvalue weighted by Gasteiger charge is 2.23. The predicted molar refractivity (Wildman–Crippen MR) is 127 cm³/mol. The number of aryl methyl sites for hydroxylation is 2. The third-order valence-corrected chi connectivity index (χ3v) is 5.43. The molecule has 2 N–H and O–H groups in total. The van der Waals surface area contributed by atoms with Gasteiger partial charge in [-0.05, 0) is 12.5 Å². The van der Waals surface area contributed by atoms with Crippen molar-refractivity contribution < 1.29 is 14.1 Å². The molecule has 0 aliphatic rings. The van der Waals surface area contributed by atoms with Gasteiger partial charge in [-0.25, -0.2) is 4.98 Å². The Morgan fingerprint density at radius 1 is 1.09 bits per heavy atom. The van der Waals surface area contributed by atoms with Gasteiger partial charge in [0.2, 0.25) is 5.78 Å². The lowest BCUT2D eigenvalue weighted by Gasteiger charge is -2.08. The van der Waals surface area contributed by atoms with Crippen LogP contribution in [0.15, 0.2) is 65.6 Å². The molecule has 0 bridgehead atoms. The Bertz CT molecular complexity index is 1520. The standard InChI is InChI=1S/C24H22N8O3/c1-3-16-11-17(35-30-16)12-25-22(33)18-13-26-31(2)21(18)23(34)28-20-9-10-32-14-19(27-24(32)29-20)15-7-5-4-6-8-15/h4-11,13-14H,3,12H2,1-2H3,(H,25,33)(H,27,28,29,34). The van der Waals surface area contributed by atoms with Crippen molar-refractivity contribution in [2.45, 2.75) is 19.9 Å². The molecule has 1 aromatic carbocycles. The SMILES string of the molecule is CCc1cc(CNC(=O)c2cnn(C)c2C(=O)Nc2ccn3cc(-c4ccccc4)nc3n2)on1. The first-order valence-electron chi connectivity index (χ1n) is 11.0. The molecule has 11 nitrogen and oxygen atoms in total. The van der Waals surface area contributed by atoms with Crippen LogP contribution in [0.5, 0.6) is 0 Å². The van der Waals surface area contributed by atoms with E-state index in [0.29, 0.717) is 17.4 Å². The summed E-state index contributed by atoms with van der Waals surface area (Å²) in [4.78, 5) is 34.8. The molecule has 0 saturated heterocycles. The number of imidazole rings is 1. The van der Waals surface area contributed by atoms with Crippen molar-refractivity contribution in [2.24, 2.45) is 7.05 Å². The molecule has 0 radical (unpaired) electrons. The molecule has 2 amide bonds. The molecule has 0 atom stereocenters. The monoisotopic (exact) mass is 470 g/mol.